The van der Waals surface area contributed by atoms with E-state index in [0.717, 1.165) is 22.3 Å². The third kappa shape index (κ3) is 4.42. The van der Waals surface area contributed by atoms with Gasteiger partial charge in [0, 0.05) is 5.92 Å². The summed E-state index contributed by atoms with van der Waals surface area (Å²) in [6, 6.07) is 30.5. The Morgan fingerprint density at radius 3 is 2.03 bits per heavy atom. The van der Waals surface area contributed by atoms with Gasteiger partial charge in [0.25, 0.3) is 0 Å². The Labute approximate surface area is 232 Å². The van der Waals surface area contributed by atoms with Gasteiger partial charge in [0.15, 0.2) is 11.0 Å². The first-order valence-electron chi connectivity index (χ1n) is 13.0. The molecule has 6 rings (SSSR count). The monoisotopic (exact) mass is 539 g/mol. The molecule has 0 spiro atoms. The molecular weight excluding hydrogens is 510 g/mol. The lowest BCUT2D eigenvalue weighted by molar-refractivity contribution is -0.0222. The summed E-state index contributed by atoms with van der Waals surface area (Å²) in [7, 11) is 0. The Morgan fingerprint density at radius 2 is 1.49 bits per heavy atom. The molecule has 0 amide bonds. The van der Waals surface area contributed by atoms with E-state index in [1.165, 1.54) is 0 Å². The number of nitrogens with zero attached hydrogens (tertiary/aromatic N) is 3. The molecule has 4 N–H and O–H groups in total. The molecule has 0 radical (unpaired) electrons. The molecule has 3 atom stereocenters. The third-order valence-corrected chi connectivity index (χ3v) is 8.06. The number of fused-ring (bicyclic) bond motifs is 1. The van der Waals surface area contributed by atoms with Crippen molar-refractivity contribution in [3.8, 4) is 0 Å². The van der Waals surface area contributed by atoms with Crippen molar-refractivity contribution in [2.24, 2.45) is 5.92 Å². The molecule has 2 aliphatic rings. The molecule has 0 saturated heterocycles. The molecule has 7 nitrogen and oxygen atoms in total. The van der Waals surface area contributed by atoms with E-state index in [4.69, 9.17) is 22.1 Å². The van der Waals surface area contributed by atoms with Crippen molar-refractivity contribution >= 4 is 29.1 Å². The van der Waals surface area contributed by atoms with Gasteiger partial charge in [0.05, 0.1) is 25.4 Å². The van der Waals surface area contributed by atoms with Crippen molar-refractivity contribution in [3.05, 3.63) is 125 Å². The maximum atomic E-state index is 11.3. The molecule has 1 saturated carbocycles. The van der Waals surface area contributed by atoms with E-state index in [2.05, 4.69) is 58.3 Å². The number of aliphatic hydroxyl groups excluding tert-OH is 1. The zero-order valence-electron chi connectivity index (χ0n) is 21.4. The number of anilines is 3. The SMILES string of the molecule is C=C1C(COC(c2ccccc2)(c2ccccc2)c2ccccc2)C(O)CC1N1CNc2c(Cl)nc(N)nc21. The number of aliphatic hydroxyl groups is 1. The fourth-order valence-electron chi connectivity index (χ4n) is 5.86. The number of halogens is 1. The second-order valence-corrected chi connectivity index (χ2v) is 10.3. The Hall–Kier alpha value is -3.91. The van der Waals surface area contributed by atoms with Crippen LogP contribution in [0.5, 0.6) is 0 Å². The number of benzene rings is 3. The molecule has 3 aromatic carbocycles. The first kappa shape index (κ1) is 25.4. The second-order valence-electron chi connectivity index (χ2n) is 9.97. The molecule has 39 heavy (non-hydrogen) atoms. The lowest BCUT2D eigenvalue weighted by atomic mass is 9.80. The highest BCUT2D eigenvalue weighted by Crippen LogP contribution is 2.45. The summed E-state index contributed by atoms with van der Waals surface area (Å²) in [5.41, 5.74) is 9.57. The molecule has 2 heterocycles. The van der Waals surface area contributed by atoms with E-state index in [-0.39, 0.29) is 29.7 Å². The molecule has 1 aliphatic heterocycles. The molecule has 8 heteroatoms. The molecule has 1 aliphatic carbocycles. The smallest absolute Gasteiger partial charge is 0.223 e. The quantitative estimate of drug-likeness (QED) is 0.168. The Kier molecular flexibility index (Phi) is 6.73. The van der Waals surface area contributed by atoms with Crippen LogP contribution in [-0.2, 0) is 10.3 Å². The zero-order chi connectivity index (χ0) is 27.0. The van der Waals surface area contributed by atoms with Crippen molar-refractivity contribution in [2.45, 2.75) is 24.2 Å². The molecule has 4 aromatic rings. The number of nitrogen functional groups attached to an aromatic ring is 1. The summed E-state index contributed by atoms with van der Waals surface area (Å²) in [5.74, 6) is 0.443. The van der Waals surface area contributed by atoms with Crippen LogP contribution in [0.2, 0.25) is 5.15 Å². The van der Waals surface area contributed by atoms with E-state index >= 15 is 0 Å². The average Bonchev–Trinajstić information content (AvgIpc) is 3.51. The molecule has 3 unspecified atom stereocenters. The van der Waals surface area contributed by atoms with Crippen molar-refractivity contribution < 1.29 is 9.84 Å². The average molecular weight is 540 g/mol. The number of ether oxygens (including phenoxy) is 1. The lowest BCUT2D eigenvalue weighted by Gasteiger charge is -2.37. The molecular formula is C31H30ClN5O2. The van der Waals surface area contributed by atoms with Crippen LogP contribution >= 0.6 is 11.6 Å². The van der Waals surface area contributed by atoms with Gasteiger partial charge in [-0.05, 0) is 28.7 Å². The maximum Gasteiger partial charge on any atom is 0.223 e. The molecule has 198 valence electrons. The Balaban J connectivity index is 1.34. The summed E-state index contributed by atoms with van der Waals surface area (Å²) in [6.45, 7) is 5.18. The first-order chi connectivity index (χ1) is 19.0. The van der Waals surface area contributed by atoms with Gasteiger partial charge in [0.2, 0.25) is 5.95 Å². The Morgan fingerprint density at radius 1 is 0.949 bits per heavy atom. The van der Waals surface area contributed by atoms with Gasteiger partial charge in [-0.3, -0.25) is 0 Å². The topological polar surface area (TPSA) is 96.5 Å². The number of nitrogens with two attached hydrogens (primary N) is 1. The van der Waals surface area contributed by atoms with E-state index in [0.29, 0.717) is 24.6 Å². The van der Waals surface area contributed by atoms with Crippen LogP contribution in [0.15, 0.2) is 103 Å². The summed E-state index contributed by atoms with van der Waals surface area (Å²) in [6.07, 6.45) is -0.147. The number of nitrogens with one attached hydrogen (secondary N) is 1. The Bertz CT molecular complexity index is 1370. The molecule has 1 aromatic heterocycles. The van der Waals surface area contributed by atoms with Crippen LogP contribution in [0.25, 0.3) is 0 Å². The van der Waals surface area contributed by atoms with Gasteiger partial charge in [-0.2, -0.15) is 9.97 Å². The third-order valence-electron chi connectivity index (χ3n) is 7.79. The summed E-state index contributed by atoms with van der Waals surface area (Å²) >= 11 is 6.30. The molecule has 1 fully saturated rings. The van der Waals surface area contributed by atoms with Gasteiger partial charge < -0.3 is 25.8 Å². The van der Waals surface area contributed by atoms with Crippen LogP contribution in [0, 0.1) is 5.92 Å². The van der Waals surface area contributed by atoms with Gasteiger partial charge in [-0.15, -0.1) is 0 Å². The van der Waals surface area contributed by atoms with Crippen LogP contribution in [-0.4, -0.2) is 40.5 Å². The number of rotatable bonds is 7. The predicted octanol–water partition coefficient (Wildman–Crippen LogP) is 5.22. The van der Waals surface area contributed by atoms with Gasteiger partial charge in [-0.25, -0.2) is 0 Å². The van der Waals surface area contributed by atoms with Crippen LogP contribution in [0.3, 0.4) is 0 Å². The van der Waals surface area contributed by atoms with Crippen molar-refractivity contribution in [1.82, 2.24) is 9.97 Å². The minimum absolute atomic E-state index is 0.106. The highest BCUT2D eigenvalue weighted by atomic mass is 35.5. The highest BCUT2D eigenvalue weighted by molar-refractivity contribution is 6.32. The van der Waals surface area contributed by atoms with Crippen LogP contribution in [0.1, 0.15) is 23.1 Å². The summed E-state index contributed by atoms with van der Waals surface area (Å²) in [5, 5.41) is 14.8. The second kappa shape index (κ2) is 10.3. The number of hydrogen-bond donors (Lipinski definition) is 3. The number of hydrogen-bond acceptors (Lipinski definition) is 7. The summed E-state index contributed by atoms with van der Waals surface area (Å²) in [4.78, 5) is 10.5. The van der Waals surface area contributed by atoms with Gasteiger partial charge in [-0.1, -0.05) is 109 Å². The lowest BCUT2D eigenvalue weighted by Crippen LogP contribution is -2.37. The van der Waals surface area contributed by atoms with Gasteiger partial charge >= 0.3 is 0 Å². The highest BCUT2D eigenvalue weighted by Gasteiger charge is 2.45. The summed E-state index contributed by atoms with van der Waals surface area (Å²) < 4.78 is 7.01. The predicted molar refractivity (Wildman–Crippen MR) is 155 cm³/mol. The normalized spacial score (nSPS) is 20.6. The van der Waals surface area contributed by atoms with E-state index in [1.807, 2.05) is 59.5 Å². The fraction of sp³-hybridized carbons (Fsp3) is 0.226. The number of aromatic nitrogens is 2. The fourth-order valence-corrected chi connectivity index (χ4v) is 6.10. The zero-order valence-corrected chi connectivity index (χ0v) is 22.1. The van der Waals surface area contributed by atoms with E-state index < -0.39 is 11.7 Å². The minimum Gasteiger partial charge on any atom is -0.392 e. The van der Waals surface area contributed by atoms with Crippen molar-refractivity contribution in [2.75, 3.05) is 29.2 Å². The largest absolute Gasteiger partial charge is 0.392 e. The molecule has 0 bridgehead atoms. The van der Waals surface area contributed by atoms with Gasteiger partial charge in [0.1, 0.15) is 11.3 Å². The van der Waals surface area contributed by atoms with Crippen LogP contribution < -0.4 is 16.0 Å². The maximum absolute atomic E-state index is 11.3. The first-order valence-corrected chi connectivity index (χ1v) is 13.4. The van der Waals surface area contributed by atoms with Crippen molar-refractivity contribution in [1.29, 1.82) is 0 Å². The van der Waals surface area contributed by atoms with E-state index in [9.17, 15) is 5.11 Å². The minimum atomic E-state index is -0.876. The van der Waals surface area contributed by atoms with Crippen molar-refractivity contribution in [3.63, 3.8) is 0 Å². The van der Waals surface area contributed by atoms with E-state index in [1.54, 1.807) is 0 Å². The standard InChI is InChI=1S/C31H30ClN5O2/c1-20-24(26(38)17-25(20)37-19-34-27-28(32)35-30(33)36-29(27)37)18-39-31(21-11-5-2-6-12-21,22-13-7-3-8-14-22)23-15-9-4-10-16-23/h2-16,24-26,34,38H,1,17-19H2,(H2,33,35,36). The van der Waals surface area contributed by atoms with Crippen LogP contribution in [0.4, 0.5) is 17.5 Å².